The van der Waals surface area contributed by atoms with E-state index in [1.807, 2.05) is 32.0 Å². The van der Waals surface area contributed by atoms with Crippen molar-refractivity contribution in [3.8, 4) is 11.5 Å². The Morgan fingerprint density at radius 1 is 1.12 bits per heavy atom. The number of rotatable bonds is 5. The van der Waals surface area contributed by atoms with Crippen LogP contribution in [0.15, 0.2) is 59.1 Å². The van der Waals surface area contributed by atoms with Gasteiger partial charge >= 0.3 is 0 Å². The smallest absolute Gasteiger partial charge is 0.255 e. The van der Waals surface area contributed by atoms with E-state index in [0.29, 0.717) is 40.6 Å². The molecule has 1 amide bonds. The number of methoxy groups -OCH3 is 2. The predicted molar refractivity (Wildman–Crippen MR) is 126 cm³/mol. The third-order valence-corrected chi connectivity index (χ3v) is 6.17. The summed E-state index contributed by atoms with van der Waals surface area (Å²) in [5.74, 6) is 0.877. The molecule has 7 nitrogen and oxygen atoms in total. The molecule has 0 bridgehead atoms. The number of hydrogen-bond donors (Lipinski definition) is 2. The first-order chi connectivity index (χ1) is 15.8. The monoisotopic (exact) mass is 447 g/mol. The third kappa shape index (κ3) is 4.23. The first kappa shape index (κ1) is 22.6. The maximum Gasteiger partial charge on any atom is 0.255 e. The lowest BCUT2D eigenvalue weighted by Gasteiger charge is -2.36. The normalized spacial score (nSPS) is 20.2. The molecule has 0 spiro atoms. The van der Waals surface area contributed by atoms with Crippen LogP contribution in [0.2, 0.25) is 0 Å². The predicted octanol–water partition coefficient (Wildman–Crippen LogP) is 4.26. The molecule has 33 heavy (non-hydrogen) atoms. The standard InChI is InChI=1S/C26H29N3O4/c1-14-9-10-21(27-13-14)29-26(31)22-16(3)28-18-11-15(2)12-19(30)24(18)23(22)17-7-6-8-20(32-4)25(17)33-5/h6-10,13,15,23,28H,11-12H2,1-5H3,(H,27,29,31)/t15-,23+/m0/s1. The molecule has 2 N–H and O–H groups in total. The molecule has 4 rings (SSSR count). The fourth-order valence-electron chi connectivity index (χ4n) is 4.71. The van der Waals surface area contributed by atoms with Crippen LogP contribution in [-0.2, 0) is 9.59 Å². The van der Waals surface area contributed by atoms with Crippen LogP contribution >= 0.6 is 0 Å². The second-order valence-electron chi connectivity index (χ2n) is 8.68. The van der Waals surface area contributed by atoms with Crippen LogP contribution < -0.4 is 20.1 Å². The number of carbonyl (C=O) groups is 2. The number of benzene rings is 1. The van der Waals surface area contributed by atoms with Crippen molar-refractivity contribution in [2.75, 3.05) is 19.5 Å². The van der Waals surface area contributed by atoms with Gasteiger partial charge in [-0.3, -0.25) is 9.59 Å². The lowest BCUT2D eigenvalue weighted by molar-refractivity contribution is -0.117. The number of ether oxygens (including phenoxy) is 2. The van der Waals surface area contributed by atoms with Gasteiger partial charge in [0.1, 0.15) is 5.82 Å². The highest BCUT2D eigenvalue weighted by Crippen LogP contribution is 2.48. The molecular formula is C26H29N3O4. The molecule has 2 aromatic rings. The Labute approximate surface area is 193 Å². The Morgan fingerprint density at radius 3 is 2.58 bits per heavy atom. The number of Topliss-reactive ketones (excluding diaryl/α,β-unsaturated/α-hetero) is 1. The van der Waals surface area contributed by atoms with Crippen LogP contribution in [0.1, 0.15) is 43.7 Å². The molecule has 2 aliphatic rings. The van der Waals surface area contributed by atoms with E-state index in [4.69, 9.17) is 9.47 Å². The van der Waals surface area contributed by atoms with Crippen molar-refractivity contribution in [3.63, 3.8) is 0 Å². The molecule has 1 aliphatic heterocycles. The molecule has 1 aromatic heterocycles. The Hall–Kier alpha value is -3.61. The van der Waals surface area contributed by atoms with E-state index >= 15 is 0 Å². The molecule has 0 radical (unpaired) electrons. The molecule has 1 aromatic carbocycles. The highest BCUT2D eigenvalue weighted by Gasteiger charge is 2.41. The minimum absolute atomic E-state index is 0.0392. The SMILES string of the molecule is COc1cccc([C@@H]2C(C(=O)Nc3ccc(C)cn3)=C(C)NC3=C2C(=O)C[C@@H](C)C3)c1OC. The van der Waals surface area contributed by atoms with Gasteiger partial charge in [0, 0.05) is 40.7 Å². The van der Waals surface area contributed by atoms with Crippen LogP contribution in [0.3, 0.4) is 0 Å². The molecule has 0 saturated carbocycles. The van der Waals surface area contributed by atoms with Gasteiger partial charge in [-0.2, -0.15) is 0 Å². The van der Waals surface area contributed by atoms with Crippen LogP contribution in [0, 0.1) is 12.8 Å². The second-order valence-corrected chi connectivity index (χ2v) is 8.68. The maximum absolute atomic E-state index is 13.6. The van der Waals surface area contributed by atoms with Crippen molar-refractivity contribution in [1.82, 2.24) is 10.3 Å². The van der Waals surface area contributed by atoms with Gasteiger partial charge in [0.05, 0.1) is 20.1 Å². The van der Waals surface area contributed by atoms with E-state index in [2.05, 4.69) is 22.5 Å². The summed E-state index contributed by atoms with van der Waals surface area (Å²) in [6.45, 7) is 5.87. The van der Waals surface area contributed by atoms with E-state index in [0.717, 1.165) is 23.2 Å². The zero-order valence-corrected chi connectivity index (χ0v) is 19.6. The van der Waals surface area contributed by atoms with Crippen molar-refractivity contribution in [3.05, 3.63) is 70.2 Å². The number of carbonyl (C=O) groups excluding carboxylic acids is 2. The number of aryl methyl sites for hydroxylation is 1. The topological polar surface area (TPSA) is 89.5 Å². The van der Waals surface area contributed by atoms with Gasteiger partial charge in [-0.1, -0.05) is 25.1 Å². The summed E-state index contributed by atoms with van der Waals surface area (Å²) in [7, 11) is 3.13. The first-order valence-corrected chi connectivity index (χ1v) is 11.0. The number of anilines is 1. The second kappa shape index (κ2) is 9.10. The van der Waals surface area contributed by atoms with Crippen LogP contribution in [0.25, 0.3) is 0 Å². The summed E-state index contributed by atoms with van der Waals surface area (Å²) in [6.07, 6.45) is 2.89. The Balaban J connectivity index is 1.86. The molecule has 7 heteroatoms. The average molecular weight is 448 g/mol. The van der Waals surface area contributed by atoms with Gasteiger partial charge < -0.3 is 20.1 Å². The number of aromatic nitrogens is 1. The van der Waals surface area contributed by atoms with E-state index < -0.39 is 5.92 Å². The van der Waals surface area contributed by atoms with Crippen molar-refractivity contribution in [2.45, 2.75) is 39.5 Å². The number of hydrogen-bond acceptors (Lipinski definition) is 6. The van der Waals surface area contributed by atoms with Crippen molar-refractivity contribution >= 4 is 17.5 Å². The van der Waals surface area contributed by atoms with Gasteiger partial charge in [0.2, 0.25) is 0 Å². The summed E-state index contributed by atoms with van der Waals surface area (Å²) in [5, 5.41) is 6.26. The van der Waals surface area contributed by atoms with Gasteiger partial charge in [0.15, 0.2) is 17.3 Å². The largest absolute Gasteiger partial charge is 0.493 e. The molecule has 1 aliphatic carbocycles. The fourth-order valence-corrected chi connectivity index (χ4v) is 4.71. The zero-order chi connectivity index (χ0) is 23.7. The van der Waals surface area contributed by atoms with E-state index in [1.54, 1.807) is 32.5 Å². The van der Waals surface area contributed by atoms with Crippen molar-refractivity contribution in [2.24, 2.45) is 5.92 Å². The highest BCUT2D eigenvalue weighted by molar-refractivity contribution is 6.09. The van der Waals surface area contributed by atoms with Crippen molar-refractivity contribution in [1.29, 1.82) is 0 Å². The summed E-state index contributed by atoms with van der Waals surface area (Å²) >= 11 is 0. The molecule has 0 saturated heterocycles. The summed E-state index contributed by atoms with van der Waals surface area (Å²) < 4.78 is 11.2. The lowest BCUT2D eigenvalue weighted by Crippen LogP contribution is -2.37. The van der Waals surface area contributed by atoms with Crippen LogP contribution in [0.4, 0.5) is 5.82 Å². The number of allylic oxidation sites excluding steroid dienone is 3. The minimum Gasteiger partial charge on any atom is -0.493 e. The minimum atomic E-state index is -0.586. The zero-order valence-electron chi connectivity index (χ0n) is 19.6. The van der Waals surface area contributed by atoms with Crippen molar-refractivity contribution < 1.29 is 19.1 Å². The van der Waals surface area contributed by atoms with Gasteiger partial charge in [-0.05, 0) is 43.9 Å². The van der Waals surface area contributed by atoms with Gasteiger partial charge in [0.25, 0.3) is 5.91 Å². The maximum atomic E-state index is 13.6. The number of dihydropyridines is 1. The molecule has 0 unspecified atom stereocenters. The number of amides is 1. The van der Waals surface area contributed by atoms with Crippen LogP contribution in [-0.4, -0.2) is 30.9 Å². The number of para-hydroxylation sites is 1. The molecule has 2 atom stereocenters. The van der Waals surface area contributed by atoms with Gasteiger partial charge in [-0.15, -0.1) is 0 Å². The van der Waals surface area contributed by atoms with E-state index in [1.165, 1.54) is 0 Å². The third-order valence-electron chi connectivity index (χ3n) is 6.17. The Morgan fingerprint density at radius 2 is 1.91 bits per heavy atom. The summed E-state index contributed by atoms with van der Waals surface area (Å²) in [5.41, 5.74) is 4.37. The first-order valence-electron chi connectivity index (χ1n) is 11.0. The summed E-state index contributed by atoms with van der Waals surface area (Å²) in [4.78, 5) is 31.2. The summed E-state index contributed by atoms with van der Waals surface area (Å²) in [6, 6.07) is 9.19. The van der Waals surface area contributed by atoms with Crippen LogP contribution in [0.5, 0.6) is 11.5 Å². The molecule has 0 fully saturated rings. The number of nitrogens with one attached hydrogen (secondary N) is 2. The molecular weight excluding hydrogens is 418 g/mol. The Bertz CT molecular complexity index is 1160. The number of nitrogens with zero attached hydrogens (tertiary/aromatic N) is 1. The quantitative estimate of drug-likeness (QED) is 0.712. The highest BCUT2D eigenvalue weighted by atomic mass is 16.5. The Kier molecular flexibility index (Phi) is 6.22. The van der Waals surface area contributed by atoms with E-state index in [-0.39, 0.29) is 17.6 Å². The number of ketones is 1. The molecule has 172 valence electrons. The average Bonchev–Trinajstić information content (AvgIpc) is 2.78. The van der Waals surface area contributed by atoms with E-state index in [9.17, 15) is 9.59 Å². The van der Waals surface area contributed by atoms with Gasteiger partial charge in [-0.25, -0.2) is 4.98 Å². The number of pyridine rings is 1. The molecule has 2 heterocycles. The lowest BCUT2D eigenvalue weighted by atomic mass is 9.72. The fraction of sp³-hybridized carbons (Fsp3) is 0.346.